The minimum atomic E-state index is -3.75. The van der Waals surface area contributed by atoms with Crippen molar-refractivity contribution in [3.63, 3.8) is 0 Å². The number of nitrogens with zero attached hydrogens (tertiary/aromatic N) is 2. The zero-order valence-corrected chi connectivity index (χ0v) is 12.8. The Labute approximate surface area is 115 Å². The van der Waals surface area contributed by atoms with E-state index in [1.807, 2.05) is 13.8 Å². The summed E-state index contributed by atoms with van der Waals surface area (Å²) in [5.41, 5.74) is 0. The van der Waals surface area contributed by atoms with Crippen molar-refractivity contribution in [1.82, 2.24) is 9.55 Å². The number of aromatic nitrogens is 2. The van der Waals surface area contributed by atoms with Gasteiger partial charge in [-0.15, -0.1) is 0 Å². The topological polar surface area (TPSA) is 87.2 Å². The molecular weight excluding hydrogens is 266 g/mol. The van der Waals surface area contributed by atoms with E-state index in [2.05, 4.69) is 18.8 Å². The molecule has 0 unspecified atom stereocenters. The number of sulfonamides is 1. The zero-order valence-electron chi connectivity index (χ0n) is 12.0. The van der Waals surface area contributed by atoms with Crippen molar-refractivity contribution >= 4 is 10.0 Å². The summed E-state index contributed by atoms with van der Waals surface area (Å²) in [5.74, 6) is 1.31. The van der Waals surface area contributed by atoms with Gasteiger partial charge in [-0.25, -0.2) is 18.5 Å². The van der Waals surface area contributed by atoms with E-state index in [-0.39, 0.29) is 10.9 Å². The lowest BCUT2D eigenvalue weighted by Crippen LogP contribution is -2.12. The van der Waals surface area contributed by atoms with Crippen molar-refractivity contribution in [1.29, 1.82) is 0 Å². The standard InChI is InChI=1S/C12H23N3O3S/c1-9(2)8-18-6-5-15-7-11(19(13,16)17)14-12(15)10(3)4/h7,9-10H,5-6,8H2,1-4H3,(H2,13,16,17). The van der Waals surface area contributed by atoms with E-state index in [9.17, 15) is 8.42 Å². The van der Waals surface area contributed by atoms with Crippen molar-refractivity contribution in [3.05, 3.63) is 12.0 Å². The maximum atomic E-state index is 11.3. The molecule has 0 atom stereocenters. The molecular formula is C12H23N3O3S. The fourth-order valence-corrected chi connectivity index (χ4v) is 2.16. The summed E-state index contributed by atoms with van der Waals surface area (Å²) in [6.07, 6.45) is 1.48. The summed E-state index contributed by atoms with van der Waals surface area (Å²) in [7, 11) is -3.75. The van der Waals surface area contributed by atoms with Gasteiger partial charge in [-0.05, 0) is 5.92 Å². The molecule has 0 fully saturated rings. The Morgan fingerprint density at radius 1 is 1.37 bits per heavy atom. The van der Waals surface area contributed by atoms with Crippen molar-refractivity contribution in [2.24, 2.45) is 11.1 Å². The van der Waals surface area contributed by atoms with Crippen LogP contribution in [0.2, 0.25) is 0 Å². The van der Waals surface area contributed by atoms with Gasteiger partial charge in [0, 0.05) is 25.3 Å². The highest BCUT2D eigenvalue weighted by Gasteiger charge is 2.18. The van der Waals surface area contributed by atoms with Crippen molar-refractivity contribution in [3.8, 4) is 0 Å². The molecule has 1 aromatic heterocycles. The Kier molecular flexibility index (Phi) is 5.51. The van der Waals surface area contributed by atoms with Crippen LogP contribution in [0.5, 0.6) is 0 Å². The van der Waals surface area contributed by atoms with Crippen LogP contribution in [0, 0.1) is 5.92 Å². The van der Waals surface area contributed by atoms with E-state index in [0.717, 1.165) is 0 Å². The molecule has 0 radical (unpaired) electrons. The minimum absolute atomic E-state index is 0.0833. The van der Waals surface area contributed by atoms with Gasteiger partial charge in [-0.3, -0.25) is 0 Å². The third kappa shape index (κ3) is 4.93. The summed E-state index contributed by atoms with van der Waals surface area (Å²) in [6, 6.07) is 0. The van der Waals surface area contributed by atoms with Gasteiger partial charge in [0.05, 0.1) is 6.61 Å². The maximum absolute atomic E-state index is 11.3. The normalized spacial score (nSPS) is 12.6. The first-order valence-corrected chi connectivity index (χ1v) is 7.94. The third-order valence-corrected chi connectivity index (χ3v) is 3.30. The predicted molar refractivity (Wildman–Crippen MR) is 73.3 cm³/mol. The lowest BCUT2D eigenvalue weighted by Gasteiger charge is -2.11. The number of ether oxygens (including phenoxy) is 1. The second-order valence-electron chi connectivity index (χ2n) is 5.30. The van der Waals surface area contributed by atoms with Gasteiger partial charge in [-0.1, -0.05) is 27.7 Å². The molecule has 0 aliphatic heterocycles. The maximum Gasteiger partial charge on any atom is 0.257 e. The van der Waals surface area contributed by atoms with Crippen LogP contribution in [0.25, 0.3) is 0 Å². The van der Waals surface area contributed by atoms with Gasteiger partial charge in [0.25, 0.3) is 10.0 Å². The lowest BCUT2D eigenvalue weighted by molar-refractivity contribution is 0.102. The van der Waals surface area contributed by atoms with Crippen LogP contribution in [0.4, 0.5) is 0 Å². The molecule has 0 aliphatic carbocycles. The Morgan fingerprint density at radius 3 is 2.47 bits per heavy atom. The second-order valence-corrected chi connectivity index (χ2v) is 6.81. The van der Waals surface area contributed by atoms with Crippen LogP contribution in [0.3, 0.4) is 0 Å². The molecule has 0 saturated heterocycles. The van der Waals surface area contributed by atoms with Crippen molar-refractivity contribution in [2.75, 3.05) is 13.2 Å². The summed E-state index contributed by atoms with van der Waals surface area (Å²) in [5, 5.41) is 5.02. The fraction of sp³-hybridized carbons (Fsp3) is 0.750. The molecule has 6 nitrogen and oxygen atoms in total. The van der Waals surface area contributed by atoms with E-state index in [1.54, 1.807) is 4.57 Å². The predicted octanol–water partition coefficient (Wildman–Crippen LogP) is 1.33. The number of nitrogens with two attached hydrogens (primary N) is 1. The Hall–Kier alpha value is -0.920. The van der Waals surface area contributed by atoms with Crippen LogP contribution in [-0.2, 0) is 21.3 Å². The molecule has 0 spiro atoms. The van der Waals surface area contributed by atoms with Gasteiger partial charge in [0.2, 0.25) is 0 Å². The summed E-state index contributed by atoms with van der Waals surface area (Å²) in [4.78, 5) is 4.09. The molecule has 0 saturated carbocycles. The first kappa shape index (κ1) is 16.1. The summed E-state index contributed by atoms with van der Waals surface area (Å²) >= 11 is 0. The zero-order chi connectivity index (χ0) is 14.6. The van der Waals surface area contributed by atoms with Crippen LogP contribution < -0.4 is 5.14 Å². The number of imidazole rings is 1. The van der Waals surface area contributed by atoms with Crippen LogP contribution in [0.1, 0.15) is 39.4 Å². The van der Waals surface area contributed by atoms with Gasteiger partial charge in [0.15, 0.2) is 5.03 Å². The van der Waals surface area contributed by atoms with Gasteiger partial charge >= 0.3 is 0 Å². The molecule has 7 heteroatoms. The highest BCUT2D eigenvalue weighted by atomic mass is 32.2. The molecule has 1 aromatic rings. The first-order chi connectivity index (χ1) is 8.71. The monoisotopic (exact) mass is 289 g/mol. The molecule has 1 rings (SSSR count). The van der Waals surface area contributed by atoms with E-state index < -0.39 is 10.0 Å². The summed E-state index contributed by atoms with van der Waals surface area (Å²) in [6.45, 7) is 9.86. The smallest absolute Gasteiger partial charge is 0.257 e. The number of hydrogen-bond acceptors (Lipinski definition) is 4. The average molecular weight is 289 g/mol. The fourth-order valence-electron chi connectivity index (χ4n) is 1.66. The number of primary sulfonamides is 1. The van der Waals surface area contributed by atoms with Crippen molar-refractivity contribution < 1.29 is 13.2 Å². The summed E-state index contributed by atoms with van der Waals surface area (Å²) < 4.78 is 29.9. The number of rotatable bonds is 7. The molecule has 110 valence electrons. The van der Waals surface area contributed by atoms with Gasteiger partial charge in [-0.2, -0.15) is 0 Å². The second kappa shape index (κ2) is 6.49. The minimum Gasteiger partial charge on any atom is -0.379 e. The molecule has 19 heavy (non-hydrogen) atoms. The van der Waals surface area contributed by atoms with Gasteiger partial charge in [0.1, 0.15) is 5.82 Å². The van der Waals surface area contributed by atoms with Crippen LogP contribution in [-0.4, -0.2) is 31.2 Å². The molecule has 0 bridgehead atoms. The van der Waals surface area contributed by atoms with Crippen LogP contribution in [0.15, 0.2) is 11.2 Å². The van der Waals surface area contributed by atoms with Crippen molar-refractivity contribution in [2.45, 2.75) is 45.2 Å². The van der Waals surface area contributed by atoms with Crippen LogP contribution >= 0.6 is 0 Å². The van der Waals surface area contributed by atoms with Gasteiger partial charge < -0.3 is 9.30 Å². The van der Waals surface area contributed by atoms with E-state index in [0.29, 0.717) is 31.5 Å². The molecule has 1 heterocycles. The third-order valence-electron chi connectivity index (χ3n) is 2.52. The van der Waals surface area contributed by atoms with E-state index >= 15 is 0 Å². The molecule has 0 amide bonds. The Balaban J connectivity index is 2.78. The molecule has 2 N–H and O–H groups in total. The molecule has 0 aromatic carbocycles. The van der Waals surface area contributed by atoms with E-state index in [1.165, 1.54) is 6.20 Å². The Bertz CT molecular complexity index is 506. The highest BCUT2D eigenvalue weighted by Crippen LogP contribution is 2.16. The SMILES string of the molecule is CC(C)COCCn1cc(S(N)(=O)=O)nc1C(C)C. The lowest BCUT2D eigenvalue weighted by atomic mass is 10.2. The Morgan fingerprint density at radius 2 is 2.00 bits per heavy atom. The largest absolute Gasteiger partial charge is 0.379 e. The first-order valence-electron chi connectivity index (χ1n) is 6.39. The average Bonchev–Trinajstić information content (AvgIpc) is 2.67. The van der Waals surface area contributed by atoms with E-state index in [4.69, 9.17) is 9.88 Å². The highest BCUT2D eigenvalue weighted by molar-refractivity contribution is 7.89. The quantitative estimate of drug-likeness (QED) is 0.767. The molecule has 0 aliphatic rings. The number of hydrogen-bond donors (Lipinski definition) is 1.